The Kier molecular flexibility index (Phi) is 5.42. The third kappa shape index (κ3) is 4.02. The monoisotopic (exact) mass is 468 g/mol. The van der Waals surface area contributed by atoms with E-state index >= 15 is 0 Å². The van der Waals surface area contributed by atoms with Crippen molar-refractivity contribution < 1.29 is 9.15 Å². The highest BCUT2D eigenvalue weighted by Gasteiger charge is 2.25. The van der Waals surface area contributed by atoms with Crippen LogP contribution in [0.1, 0.15) is 18.4 Å². The predicted octanol–water partition coefficient (Wildman–Crippen LogP) is 4.04. The molecule has 5 aromatic rings. The Morgan fingerprint density at radius 2 is 1.66 bits per heavy atom. The fraction of sp³-hybridized carbons (Fsp3) is 0.222. The van der Waals surface area contributed by atoms with Crippen molar-refractivity contribution >= 4 is 11.2 Å². The molecular formula is C27H24N4O4. The molecule has 1 atom stereocenters. The minimum absolute atomic E-state index is 0.0383. The number of hydrogen-bond acceptors (Lipinski definition) is 5. The topological polar surface area (TPSA) is 95.0 Å². The zero-order chi connectivity index (χ0) is 23.8. The van der Waals surface area contributed by atoms with Crippen LogP contribution in [-0.4, -0.2) is 31.8 Å². The van der Waals surface area contributed by atoms with Crippen molar-refractivity contribution in [2.45, 2.75) is 32.0 Å². The molecule has 0 spiro atoms. The quantitative estimate of drug-likeness (QED) is 0.406. The Balaban J connectivity index is 1.53. The van der Waals surface area contributed by atoms with E-state index in [-0.39, 0.29) is 12.6 Å². The molecule has 1 aliphatic heterocycles. The third-order valence-electron chi connectivity index (χ3n) is 6.36. The number of benzene rings is 2. The minimum Gasteiger partial charge on any atom is -0.453 e. The molecule has 1 saturated heterocycles. The van der Waals surface area contributed by atoms with Gasteiger partial charge in [0.25, 0.3) is 5.56 Å². The molecule has 8 heteroatoms. The number of fused-ring (bicyclic) bond motifs is 1. The molecule has 0 radical (unpaired) electrons. The van der Waals surface area contributed by atoms with Crippen molar-refractivity contribution in [3.63, 3.8) is 0 Å². The molecule has 0 amide bonds. The first kappa shape index (κ1) is 21.4. The van der Waals surface area contributed by atoms with Crippen molar-refractivity contribution in [2.24, 2.45) is 0 Å². The maximum Gasteiger partial charge on any atom is 0.330 e. The van der Waals surface area contributed by atoms with Crippen molar-refractivity contribution in [1.82, 2.24) is 19.1 Å². The van der Waals surface area contributed by atoms with Gasteiger partial charge in [0.1, 0.15) is 5.76 Å². The average Bonchev–Trinajstić information content (AvgIpc) is 3.64. The SMILES string of the molecule is O=c1[nH]c(=O)n(Cc2ccccc2)c2nc(-c3ccc(-c4ccccc4)o3)n(CC3CCCO3)c12. The number of nitrogens with zero attached hydrogens (tertiary/aromatic N) is 3. The van der Waals surface area contributed by atoms with Crippen LogP contribution in [0.15, 0.2) is 86.8 Å². The van der Waals surface area contributed by atoms with Gasteiger partial charge in [0.15, 0.2) is 22.7 Å². The lowest BCUT2D eigenvalue weighted by Gasteiger charge is -2.13. The smallest absolute Gasteiger partial charge is 0.330 e. The number of imidazole rings is 1. The molecule has 4 heterocycles. The number of aromatic nitrogens is 4. The van der Waals surface area contributed by atoms with Gasteiger partial charge in [-0.3, -0.25) is 14.3 Å². The zero-order valence-corrected chi connectivity index (χ0v) is 19.0. The molecule has 1 aliphatic rings. The molecule has 176 valence electrons. The van der Waals surface area contributed by atoms with Crippen molar-refractivity contribution in [1.29, 1.82) is 0 Å². The first-order valence-electron chi connectivity index (χ1n) is 11.7. The molecule has 1 fully saturated rings. The van der Waals surface area contributed by atoms with Gasteiger partial charge in [-0.1, -0.05) is 60.7 Å². The van der Waals surface area contributed by atoms with E-state index in [0.29, 0.717) is 41.7 Å². The minimum atomic E-state index is -0.496. The maximum atomic E-state index is 13.1. The number of H-pyrrole nitrogens is 1. The zero-order valence-electron chi connectivity index (χ0n) is 19.0. The van der Waals surface area contributed by atoms with Gasteiger partial charge in [0, 0.05) is 12.2 Å². The number of hydrogen-bond donors (Lipinski definition) is 1. The Labute approximate surface area is 200 Å². The molecule has 0 bridgehead atoms. The number of rotatable bonds is 6. The van der Waals surface area contributed by atoms with Crippen molar-refractivity contribution in [2.75, 3.05) is 6.61 Å². The second-order valence-corrected chi connectivity index (χ2v) is 8.71. The van der Waals surface area contributed by atoms with Crippen LogP contribution in [-0.2, 0) is 17.8 Å². The van der Waals surface area contributed by atoms with Gasteiger partial charge in [-0.2, -0.15) is 0 Å². The highest BCUT2D eigenvalue weighted by molar-refractivity contribution is 5.76. The molecule has 0 saturated carbocycles. The van der Waals surface area contributed by atoms with E-state index in [0.717, 1.165) is 24.0 Å². The summed E-state index contributed by atoms with van der Waals surface area (Å²) in [5.41, 5.74) is 1.57. The molecule has 0 aliphatic carbocycles. The van der Waals surface area contributed by atoms with E-state index in [4.69, 9.17) is 14.1 Å². The molecular weight excluding hydrogens is 444 g/mol. The normalized spacial score (nSPS) is 15.7. The average molecular weight is 469 g/mol. The fourth-order valence-corrected chi connectivity index (χ4v) is 4.66. The molecule has 3 aromatic heterocycles. The van der Waals surface area contributed by atoms with Gasteiger partial charge in [-0.25, -0.2) is 9.78 Å². The maximum absolute atomic E-state index is 13.1. The van der Waals surface area contributed by atoms with Gasteiger partial charge in [-0.05, 0) is 30.5 Å². The summed E-state index contributed by atoms with van der Waals surface area (Å²) in [5, 5.41) is 0. The summed E-state index contributed by atoms with van der Waals surface area (Å²) in [6, 6.07) is 23.2. The highest BCUT2D eigenvalue weighted by atomic mass is 16.5. The van der Waals surface area contributed by atoms with E-state index in [1.165, 1.54) is 4.57 Å². The second kappa shape index (κ2) is 8.88. The molecule has 8 nitrogen and oxygen atoms in total. The fourth-order valence-electron chi connectivity index (χ4n) is 4.66. The van der Waals surface area contributed by atoms with E-state index in [1.807, 2.05) is 77.4 Å². The third-order valence-corrected chi connectivity index (χ3v) is 6.36. The molecule has 1 unspecified atom stereocenters. The Bertz CT molecular complexity index is 1590. The van der Waals surface area contributed by atoms with E-state index in [2.05, 4.69) is 4.98 Å². The lowest BCUT2D eigenvalue weighted by Crippen LogP contribution is -2.32. The van der Waals surface area contributed by atoms with Crippen molar-refractivity contribution in [3.05, 3.63) is 99.2 Å². The summed E-state index contributed by atoms with van der Waals surface area (Å²) in [6.45, 7) is 1.43. The summed E-state index contributed by atoms with van der Waals surface area (Å²) in [7, 11) is 0. The first-order valence-corrected chi connectivity index (χ1v) is 11.7. The summed E-state index contributed by atoms with van der Waals surface area (Å²) >= 11 is 0. The van der Waals surface area contributed by atoms with Crippen LogP contribution < -0.4 is 11.2 Å². The summed E-state index contributed by atoms with van der Waals surface area (Å²) in [4.78, 5) is 33.2. The number of furan rings is 1. The molecule has 2 aromatic carbocycles. The van der Waals surface area contributed by atoms with Gasteiger partial charge in [-0.15, -0.1) is 0 Å². The largest absolute Gasteiger partial charge is 0.453 e. The van der Waals surface area contributed by atoms with Crippen LogP contribution in [0, 0.1) is 0 Å². The molecule has 6 rings (SSSR count). The van der Waals surface area contributed by atoms with E-state index < -0.39 is 11.2 Å². The molecule has 1 N–H and O–H groups in total. The van der Waals surface area contributed by atoms with E-state index in [9.17, 15) is 9.59 Å². The Morgan fingerprint density at radius 1 is 0.914 bits per heavy atom. The van der Waals surface area contributed by atoms with Gasteiger partial charge < -0.3 is 13.7 Å². The highest BCUT2D eigenvalue weighted by Crippen LogP contribution is 2.30. The van der Waals surface area contributed by atoms with Crippen LogP contribution in [0.4, 0.5) is 0 Å². The van der Waals surface area contributed by atoms with Crippen LogP contribution in [0.2, 0.25) is 0 Å². The Morgan fingerprint density at radius 3 is 2.40 bits per heavy atom. The number of nitrogens with one attached hydrogen (secondary N) is 1. The van der Waals surface area contributed by atoms with Crippen LogP contribution in [0.25, 0.3) is 34.1 Å². The summed E-state index contributed by atoms with van der Waals surface area (Å²) < 4.78 is 15.4. The lowest BCUT2D eigenvalue weighted by molar-refractivity contribution is 0.0981. The van der Waals surface area contributed by atoms with Crippen LogP contribution in [0.3, 0.4) is 0 Å². The second-order valence-electron chi connectivity index (χ2n) is 8.71. The standard InChI is InChI=1S/C27H24N4O4/c32-26-23-25(31(27(33)29-26)16-18-8-3-1-4-9-18)28-24(30(23)17-20-12-7-15-34-20)22-14-13-21(35-22)19-10-5-2-6-11-19/h1-6,8-11,13-14,20H,7,12,15-17H2,(H,29,32,33). The van der Waals surface area contributed by atoms with Gasteiger partial charge in [0.05, 0.1) is 19.2 Å². The van der Waals surface area contributed by atoms with E-state index in [1.54, 1.807) is 0 Å². The van der Waals surface area contributed by atoms with Gasteiger partial charge >= 0.3 is 5.69 Å². The Hall–Kier alpha value is -4.17. The number of ether oxygens (including phenoxy) is 1. The number of aromatic amines is 1. The lowest BCUT2D eigenvalue weighted by atomic mass is 10.2. The van der Waals surface area contributed by atoms with Crippen LogP contribution in [0.5, 0.6) is 0 Å². The van der Waals surface area contributed by atoms with Gasteiger partial charge in [0.2, 0.25) is 0 Å². The molecule has 35 heavy (non-hydrogen) atoms. The summed E-state index contributed by atoms with van der Waals surface area (Å²) in [6.07, 6.45) is 1.83. The predicted molar refractivity (Wildman–Crippen MR) is 132 cm³/mol. The first-order chi connectivity index (χ1) is 17.2. The van der Waals surface area contributed by atoms with Crippen molar-refractivity contribution in [3.8, 4) is 22.9 Å². The summed E-state index contributed by atoms with van der Waals surface area (Å²) in [5.74, 6) is 1.72. The van der Waals surface area contributed by atoms with Crippen LogP contribution >= 0.6 is 0 Å².